The van der Waals surface area contributed by atoms with Crippen LogP contribution >= 0.6 is 23.6 Å². The maximum absolute atomic E-state index is 15.4. The third-order valence-electron chi connectivity index (χ3n) is 10.4. The number of carbonyl (C=O) groups is 4. The van der Waals surface area contributed by atoms with Crippen molar-refractivity contribution in [3.8, 4) is 22.4 Å². The predicted molar refractivity (Wildman–Crippen MR) is 223 cm³/mol. The number of halogens is 4. The van der Waals surface area contributed by atoms with E-state index in [1.165, 1.54) is 48.0 Å². The zero-order valence-electron chi connectivity index (χ0n) is 34.0. The number of nitrogens with zero attached hydrogens (tertiary/aromatic N) is 6. The molecule has 2 aliphatic rings. The van der Waals surface area contributed by atoms with Gasteiger partial charge in [-0.3, -0.25) is 24.1 Å². The van der Waals surface area contributed by atoms with E-state index in [1.54, 1.807) is 37.6 Å². The fraction of sp³-hybridized carbons (Fsp3) is 0.381. The Morgan fingerprint density at radius 3 is 2.38 bits per heavy atom. The summed E-state index contributed by atoms with van der Waals surface area (Å²) in [6.45, 7) is 10.3. The second-order valence-corrected chi connectivity index (χ2v) is 17.3. The van der Waals surface area contributed by atoms with E-state index in [0.29, 0.717) is 24.3 Å². The van der Waals surface area contributed by atoms with Crippen LogP contribution in [0.3, 0.4) is 0 Å². The monoisotopic (exact) mass is 878 g/mol. The zero-order chi connectivity index (χ0) is 44.6. The number of rotatable bonds is 11. The molecule has 4 aromatic rings. The number of thiocarbonyl (C=S) groups is 1. The third-order valence-corrected chi connectivity index (χ3v) is 11.8. The number of hydrogen-bond acceptors (Lipinski definition) is 10. The SMILES string of the molecule is Cc1ncsc1-c1ccc(CNC(=O)C2CCCN2C(=O)C(NC(=O)COc2ccc(N3C(=S)N(c4ccc(C#N)c(C(F)(F)F)c4F)C(=O)C3(C)C)cn2)C(C)(C)C)cc1. The Morgan fingerprint density at radius 2 is 1.79 bits per heavy atom. The van der Waals surface area contributed by atoms with Crippen LogP contribution in [0.2, 0.25) is 0 Å². The maximum Gasteiger partial charge on any atom is 0.420 e. The average molecular weight is 879 g/mol. The topological polar surface area (TPSA) is 161 Å². The molecule has 2 N–H and O–H groups in total. The second kappa shape index (κ2) is 17.2. The van der Waals surface area contributed by atoms with Crippen molar-refractivity contribution in [2.24, 2.45) is 5.41 Å². The number of hydrogen-bond donors (Lipinski definition) is 2. The summed E-state index contributed by atoms with van der Waals surface area (Å²) in [5.41, 5.74) is -0.929. The van der Waals surface area contributed by atoms with Crippen LogP contribution in [-0.4, -0.2) is 74.4 Å². The van der Waals surface area contributed by atoms with Crippen molar-refractivity contribution in [2.75, 3.05) is 23.0 Å². The van der Waals surface area contributed by atoms with Crippen molar-refractivity contribution in [1.29, 1.82) is 5.26 Å². The van der Waals surface area contributed by atoms with Gasteiger partial charge in [-0.25, -0.2) is 14.4 Å². The number of amides is 4. The molecule has 2 aromatic heterocycles. The van der Waals surface area contributed by atoms with Crippen molar-refractivity contribution < 1.29 is 41.5 Å². The molecule has 0 radical (unpaired) electrons. The highest BCUT2D eigenvalue weighted by Gasteiger charge is 2.52. The Morgan fingerprint density at radius 1 is 1.08 bits per heavy atom. The molecule has 4 amide bonds. The fourth-order valence-electron chi connectivity index (χ4n) is 7.26. The zero-order valence-corrected chi connectivity index (χ0v) is 35.6. The van der Waals surface area contributed by atoms with Gasteiger partial charge in [0.05, 0.1) is 45.3 Å². The predicted octanol–water partition coefficient (Wildman–Crippen LogP) is 6.68. The van der Waals surface area contributed by atoms with E-state index in [-0.39, 0.29) is 29.1 Å². The summed E-state index contributed by atoms with van der Waals surface area (Å²) in [5, 5.41) is 14.5. The number of benzene rings is 2. The fourth-order valence-corrected chi connectivity index (χ4v) is 8.59. The highest BCUT2D eigenvalue weighted by Crippen LogP contribution is 2.42. The van der Waals surface area contributed by atoms with Crippen molar-refractivity contribution >= 4 is 63.7 Å². The highest BCUT2D eigenvalue weighted by atomic mass is 32.1. The molecule has 6 rings (SSSR count). The smallest absolute Gasteiger partial charge is 0.420 e. The molecule has 4 heterocycles. The van der Waals surface area contributed by atoms with Crippen LogP contribution in [0.4, 0.5) is 28.9 Å². The molecule has 0 saturated carbocycles. The number of carbonyl (C=O) groups excluding carboxylic acids is 4. The molecule has 2 atom stereocenters. The minimum Gasteiger partial charge on any atom is -0.468 e. The van der Waals surface area contributed by atoms with Crippen molar-refractivity contribution in [1.82, 2.24) is 25.5 Å². The summed E-state index contributed by atoms with van der Waals surface area (Å²) >= 11 is 7.04. The number of aryl methyl sites for hydroxylation is 1. The van der Waals surface area contributed by atoms with Crippen molar-refractivity contribution in [3.05, 3.63) is 88.4 Å². The van der Waals surface area contributed by atoms with Gasteiger partial charge in [-0.2, -0.15) is 18.4 Å². The molecule has 2 aliphatic heterocycles. The van der Waals surface area contributed by atoms with E-state index in [0.717, 1.165) is 33.8 Å². The summed E-state index contributed by atoms with van der Waals surface area (Å²) in [7, 11) is 0. The molecule has 13 nitrogen and oxygen atoms in total. The van der Waals surface area contributed by atoms with Crippen LogP contribution in [0.5, 0.6) is 5.88 Å². The Kier molecular flexibility index (Phi) is 12.5. The number of thiazole rings is 1. The van der Waals surface area contributed by atoms with Crippen LogP contribution in [0.15, 0.2) is 60.2 Å². The first-order valence-electron chi connectivity index (χ1n) is 19.1. The summed E-state index contributed by atoms with van der Waals surface area (Å²) in [6, 6.07) is 11.9. The molecule has 61 heavy (non-hydrogen) atoms. The molecule has 2 fully saturated rings. The lowest BCUT2D eigenvalue weighted by atomic mass is 9.85. The van der Waals surface area contributed by atoms with Gasteiger partial charge in [-0.1, -0.05) is 45.0 Å². The first-order valence-corrected chi connectivity index (χ1v) is 20.4. The van der Waals surface area contributed by atoms with Gasteiger partial charge in [0.15, 0.2) is 17.5 Å². The number of nitrogens with one attached hydrogen (secondary N) is 2. The van der Waals surface area contributed by atoms with E-state index < -0.39 is 76.2 Å². The molecule has 19 heteroatoms. The summed E-state index contributed by atoms with van der Waals surface area (Å²) in [4.78, 5) is 67.2. The van der Waals surface area contributed by atoms with Gasteiger partial charge in [0.1, 0.15) is 23.2 Å². The average Bonchev–Trinajstić information content (AvgIpc) is 3.91. The van der Waals surface area contributed by atoms with Gasteiger partial charge in [-0.15, -0.1) is 11.3 Å². The number of aromatic nitrogens is 2. The lowest BCUT2D eigenvalue weighted by Crippen LogP contribution is -2.58. The number of ether oxygens (including phenoxy) is 1. The van der Waals surface area contributed by atoms with Crippen LogP contribution in [0.1, 0.15) is 69.8 Å². The summed E-state index contributed by atoms with van der Waals surface area (Å²) < 4.78 is 62.3. The standard InChI is InChI=1S/C42H42F4N8O5S2/c1-23-34(61-22-50-23)25-11-9-24(10-12-25)19-49-36(56)29-8-7-17-52(29)37(57)35(40(2,3)4)51-30(55)21-59-31-16-14-27(20-48-31)54-39(60)53(38(58)41(54,5)6)28-15-13-26(18-47)32(33(28)43)42(44,45)46/h9-16,20,22,29,35H,7-8,17,19,21H2,1-6H3,(H,49,56)(H,51,55). The number of nitriles is 1. The van der Waals surface area contributed by atoms with Crippen LogP contribution < -0.4 is 25.2 Å². The lowest BCUT2D eigenvalue weighted by molar-refractivity contribution is -0.144. The minimum atomic E-state index is -5.23. The first-order chi connectivity index (χ1) is 28.6. The van der Waals surface area contributed by atoms with Crippen LogP contribution in [-0.2, 0) is 31.9 Å². The molecule has 2 unspecified atom stereocenters. The van der Waals surface area contributed by atoms with Gasteiger partial charge in [0.2, 0.25) is 17.7 Å². The quantitative estimate of drug-likeness (QED) is 0.123. The molecule has 2 saturated heterocycles. The van der Waals surface area contributed by atoms with E-state index >= 15 is 4.39 Å². The summed E-state index contributed by atoms with van der Waals surface area (Å²) in [5.74, 6) is -4.02. The molecular formula is C42H42F4N8O5S2. The number of anilines is 2. The van der Waals surface area contributed by atoms with Gasteiger partial charge < -0.3 is 25.2 Å². The molecule has 320 valence electrons. The van der Waals surface area contributed by atoms with E-state index in [9.17, 15) is 32.3 Å². The number of alkyl halides is 3. The van der Waals surface area contributed by atoms with E-state index in [1.807, 2.05) is 31.2 Å². The largest absolute Gasteiger partial charge is 0.468 e. The van der Waals surface area contributed by atoms with E-state index in [2.05, 4.69) is 20.6 Å². The van der Waals surface area contributed by atoms with Crippen molar-refractivity contribution in [2.45, 2.75) is 84.7 Å². The van der Waals surface area contributed by atoms with Crippen molar-refractivity contribution in [3.63, 3.8) is 0 Å². The van der Waals surface area contributed by atoms with Gasteiger partial charge >= 0.3 is 6.18 Å². The highest BCUT2D eigenvalue weighted by molar-refractivity contribution is 7.81. The molecule has 0 spiro atoms. The van der Waals surface area contributed by atoms with Gasteiger partial charge in [0, 0.05) is 19.2 Å². The Bertz CT molecular complexity index is 2410. The minimum absolute atomic E-state index is 0.0267. The Labute approximate surface area is 358 Å². The number of likely N-dealkylation sites (tertiary alicyclic amines) is 1. The Balaban J connectivity index is 1.07. The van der Waals surface area contributed by atoms with Crippen LogP contribution in [0.25, 0.3) is 10.4 Å². The third kappa shape index (κ3) is 9.05. The second-order valence-electron chi connectivity index (χ2n) is 16.1. The maximum atomic E-state index is 15.4. The molecular weight excluding hydrogens is 837 g/mol. The number of pyridine rings is 1. The van der Waals surface area contributed by atoms with Gasteiger partial charge in [0.25, 0.3) is 11.8 Å². The first kappa shape index (κ1) is 44.5. The summed E-state index contributed by atoms with van der Waals surface area (Å²) in [6.07, 6.45) is -2.89. The van der Waals surface area contributed by atoms with Gasteiger partial charge in [-0.05, 0) is 80.6 Å². The lowest BCUT2D eigenvalue weighted by Gasteiger charge is -2.35. The molecule has 2 aromatic carbocycles. The Hall–Kier alpha value is -6.00. The van der Waals surface area contributed by atoms with E-state index in [4.69, 9.17) is 22.2 Å². The molecule has 0 bridgehead atoms. The molecule has 0 aliphatic carbocycles. The normalized spacial score (nSPS) is 17.0. The van der Waals surface area contributed by atoms with Crippen LogP contribution in [0, 0.1) is 29.5 Å².